The summed E-state index contributed by atoms with van der Waals surface area (Å²) in [4.78, 5) is 2.09. The Bertz CT molecular complexity index is 99.2. The quantitative estimate of drug-likeness (QED) is 0.536. The molecule has 0 amide bonds. The van der Waals surface area contributed by atoms with E-state index in [4.69, 9.17) is 10.5 Å². The summed E-state index contributed by atoms with van der Waals surface area (Å²) in [5, 5.41) is 0. The van der Waals surface area contributed by atoms with Crippen molar-refractivity contribution in [2.24, 2.45) is 5.73 Å². The predicted molar refractivity (Wildman–Crippen MR) is 36.3 cm³/mol. The van der Waals surface area contributed by atoms with E-state index in [0.717, 1.165) is 6.54 Å². The largest absolute Gasteiger partial charge is 0.377 e. The summed E-state index contributed by atoms with van der Waals surface area (Å²) >= 11 is 0. The molecule has 1 saturated heterocycles. The molecule has 0 aromatic heterocycles. The molecule has 0 atom stereocenters. The molecule has 0 aromatic rings. The summed E-state index contributed by atoms with van der Waals surface area (Å²) in [7, 11) is 4.04. The van der Waals surface area contributed by atoms with E-state index in [1.54, 1.807) is 0 Å². The van der Waals surface area contributed by atoms with E-state index in [-0.39, 0.29) is 5.54 Å². The maximum atomic E-state index is 5.84. The van der Waals surface area contributed by atoms with Gasteiger partial charge in [-0.25, -0.2) is 0 Å². The van der Waals surface area contributed by atoms with E-state index < -0.39 is 0 Å². The first-order chi connectivity index (χ1) is 4.12. The second-order valence-electron chi connectivity index (χ2n) is 3.09. The van der Waals surface area contributed by atoms with E-state index in [2.05, 4.69) is 4.90 Å². The van der Waals surface area contributed by atoms with Gasteiger partial charge in [0, 0.05) is 6.54 Å². The highest BCUT2D eigenvalue weighted by Crippen LogP contribution is 2.13. The fraction of sp³-hybridized carbons (Fsp3) is 1.00. The summed E-state index contributed by atoms with van der Waals surface area (Å²) in [6.45, 7) is 2.35. The van der Waals surface area contributed by atoms with Crippen LogP contribution in [0.5, 0.6) is 0 Å². The lowest BCUT2D eigenvalue weighted by atomic mass is 9.99. The monoisotopic (exact) mass is 130 g/mol. The zero-order valence-electron chi connectivity index (χ0n) is 6.05. The van der Waals surface area contributed by atoms with Crippen LogP contribution in [0.2, 0.25) is 0 Å². The van der Waals surface area contributed by atoms with Gasteiger partial charge in [-0.2, -0.15) is 0 Å². The number of rotatable bonds is 2. The van der Waals surface area contributed by atoms with Crippen molar-refractivity contribution < 1.29 is 4.74 Å². The molecule has 0 unspecified atom stereocenters. The van der Waals surface area contributed by atoms with Crippen LogP contribution in [0.25, 0.3) is 0 Å². The van der Waals surface area contributed by atoms with Crippen LogP contribution >= 0.6 is 0 Å². The lowest BCUT2D eigenvalue weighted by molar-refractivity contribution is -0.0627. The first-order valence-corrected chi connectivity index (χ1v) is 3.14. The summed E-state index contributed by atoms with van der Waals surface area (Å²) in [6, 6.07) is 0. The molecule has 0 bridgehead atoms. The van der Waals surface area contributed by atoms with Gasteiger partial charge in [0.1, 0.15) is 0 Å². The lowest BCUT2D eigenvalue weighted by Gasteiger charge is -2.39. The van der Waals surface area contributed by atoms with Crippen LogP contribution in [0.15, 0.2) is 0 Å². The van der Waals surface area contributed by atoms with Gasteiger partial charge in [0.25, 0.3) is 0 Å². The number of ether oxygens (including phenoxy) is 1. The Kier molecular flexibility index (Phi) is 1.75. The highest BCUT2D eigenvalue weighted by Gasteiger charge is 2.34. The summed E-state index contributed by atoms with van der Waals surface area (Å²) < 4.78 is 4.99. The van der Waals surface area contributed by atoms with Gasteiger partial charge in [-0.15, -0.1) is 0 Å². The predicted octanol–water partition coefficient (Wildman–Crippen LogP) is -0.724. The van der Waals surface area contributed by atoms with Gasteiger partial charge >= 0.3 is 0 Å². The average molecular weight is 130 g/mol. The second-order valence-corrected chi connectivity index (χ2v) is 3.09. The molecule has 0 aliphatic carbocycles. The number of hydrogen-bond acceptors (Lipinski definition) is 3. The molecule has 1 fully saturated rings. The summed E-state index contributed by atoms with van der Waals surface area (Å²) in [6.07, 6.45) is 0. The Hall–Kier alpha value is -0.120. The van der Waals surface area contributed by atoms with Crippen molar-refractivity contribution in [2.45, 2.75) is 5.54 Å². The molecule has 3 heteroatoms. The van der Waals surface area contributed by atoms with Crippen molar-refractivity contribution in [3.63, 3.8) is 0 Å². The van der Waals surface area contributed by atoms with Gasteiger partial charge in [-0.3, -0.25) is 0 Å². The smallest absolute Gasteiger partial charge is 0.0757 e. The van der Waals surface area contributed by atoms with Crippen LogP contribution in [-0.2, 0) is 4.74 Å². The van der Waals surface area contributed by atoms with Crippen molar-refractivity contribution in [1.29, 1.82) is 0 Å². The zero-order chi connectivity index (χ0) is 6.91. The van der Waals surface area contributed by atoms with Gasteiger partial charge in [0.15, 0.2) is 0 Å². The molecule has 1 heterocycles. The van der Waals surface area contributed by atoms with Crippen LogP contribution < -0.4 is 5.73 Å². The molecular weight excluding hydrogens is 116 g/mol. The average Bonchev–Trinajstić information content (AvgIpc) is 1.60. The Labute approximate surface area is 55.8 Å². The third kappa shape index (κ3) is 1.64. The van der Waals surface area contributed by atoms with E-state index in [0.29, 0.717) is 13.2 Å². The Balaban J connectivity index is 2.24. The maximum Gasteiger partial charge on any atom is 0.0757 e. The van der Waals surface area contributed by atoms with Gasteiger partial charge < -0.3 is 15.4 Å². The fourth-order valence-electron chi connectivity index (χ4n) is 1.09. The molecule has 0 aromatic carbocycles. The third-order valence-electron chi connectivity index (χ3n) is 1.41. The minimum Gasteiger partial charge on any atom is -0.377 e. The van der Waals surface area contributed by atoms with E-state index in [1.165, 1.54) is 0 Å². The van der Waals surface area contributed by atoms with Gasteiger partial charge in [0.2, 0.25) is 0 Å². The second kappa shape index (κ2) is 2.25. The highest BCUT2D eigenvalue weighted by atomic mass is 16.5. The Morgan fingerprint density at radius 3 is 2.22 bits per heavy atom. The van der Waals surface area contributed by atoms with Crippen molar-refractivity contribution >= 4 is 0 Å². The number of hydrogen-bond donors (Lipinski definition) is 1. The van der Waals surface area contributed by atoms with Crippen LogP contribution in [0.3, 0.4) is 0 Å². The molecule has 0 spiro atoms. The fourth-order valence-corrected chi connectivity index (χ4v) is 1.09. The topological polar surface area (TPSA) is 38.5 Å². The highest BCUT2D eigenvalue weighted by molar-refractivity contribution is 4.92. The van der Waals surface area contributed by atoms with Crippen molar-refractivity contribution in [3.05, 3.63) is 0 Å². The van der Waals surface area contributed by atoms with Crippen LogP contribution in [0.1, 0.15) is 0 Å². The molecule has 0 radical (unpaired) electrons. The van der Waals surface area contributed by atoms with Gasteiger partial charge in [-0.1, -0.05) is 0 Å². The normalized spacial score (nSPS) is 24.0. The van der Waals surface area contributed by atoms with Crippen LogP contribution in [-0.4, -0.2) is 44.3 Å². The van der Waals surface area contributed by atoms with E-state index in [1.807, 2.05) is 14.1 Å². The molecule has 9 heavy (non-hydrogen) atoms. The Morgan fingerprint density at radius 1 is 1.56 bits per heavy atom. The molecule has 1 aliphatic heterocycles. The molecule has 2 N–H and O–H groups in total. The van der Waals surface area contributed by atoms with Crippen molar-refractivity contribution in [3.8, 4) is 0 Å². The van der Waals surface area contributed by atoms with Gasteiger partial charge in [-0.05, 0) is 14.1 Å². The van der Waals surface area contributed by atoms with E-state index >= 15 is 0 Å². The van der Waals surface area contributed by atoms with Crippen LogP contribution in [0, 0.1) is 0 Å². The van der Waals surface area contributed by atoms with Gasteiger partial charge in [0.05, 0.1) is 18.8 Å². The minimum atomic E-state index is -0.0521. The molecule has 1 aliphatic rings. The molecule has 54 valence electrons. The molecule has 1 rings (SSSR count). The van der Waals surface area contributed by atoms with Crippen molar-refractivity contribution in [1.82, 2.24) is 4.90 Å². The third-order valence-corrected chi connectivity index (χ3v) is 1.41. The Morgan fingerprint density at radius 2 is 2.11 bits per heavy atom. The summed E-state index contributed by atoms with van der Waals surface area (Å²) in [5.41, 5.74) is 5.78. The minimum absolute atomic E-state index is 0.0521. The van der Waals surface area contributed by atoms with Crippen LogP contribution in [0.4, 0.5) is 0 Å². The maximum absolute atomic E-state index is 5.84. The lowest BCUT2D eigenvalue weighted by Crippen LogP contribution is -2.62. The van der Waals surface area contributed by atoms with Crippen molar-refractivity contribution in [2.75, 3.05) is 33.9 Å². The zero-order valence-corrected chi connectivity index (χ0v) is 6.05. The first kappa shape index (κ1) is 6.99. The standard InChI is InChI=1S/C6H14N2O/c1-8(2)3-6(7)4-9-5-6/h3-5,7H2,1-2H3. The molecule has 0 saturated carbocycles. The molecule has 3 nitrogen and oxygen atoms in total. The number of likely N-dealkylation sites (N-methyl/N-ethyl adjacent to an activating group) is 1. The SMILES string of the molecule is CN(C)CC1(N)COC1. The molecular formula is C6H14N2O. The number of nitrogens with zero attached hydrogens (tertiary/aromatic N) is 1. The number of nitrogens with two attached hydrogens (primary N) is 1. The first-order valence-electron chi connectivity index (χ1n) is 3.14. The van der Waals surface area contributed by atoms with E-state index in [9.17, 15) is 0 Å². The summed E-state index contributed by atoms with van der Waals surface area (Å²) in [5.74, 6) is 0.